The van der Waals surface area contributed by atoms with Crippen LogP contribution >= 0.6 is 20.3 Å². The van der Waals surface area contributed by atoms with E-state index in [-0.39, 0.29) is 5.92 Å². The number of rotatable bonds is 6. The maximum atomic E-state index is 11.4. The summed E-state index contributed by atoms with van der Waals surface area (Å²) in [5, 5.41) is 0.833. The molecule has 3 heteroatoms. The molecule has 0 aromatic heterocycles. The predicted molar refractivity (Wildman–Crippen MR) is 73.9 cm³/mol. The van der Waals surface area contributed by atoms with Crippen LogP contribution in [0.4, 0.5) is 0 Å². The number of hydrogen-bond donors (Lipinski definition) is 0. The zero-order valence-corrected chi connectivity index (χ0v) is 11.5. The van der Waals surface area contributed by atoms with Crippen molar-refractivity contribution in [2.45, 2.75) is 51.2 Å². The van der Waals surface area contributed by atoms with E-state index < -0.39 is 0 Å². The van der Waals surface area contributed by atoms with Crippen molar-refractivity contribution in [3.05, 3.63) is 0 Å². The van der Waals surface area contributed by atoms with E-state index in [1.165, 1.54) is 25.0 Å². The molecule has 1 aliphatic rings. The predicted octanol–water partition coefficient (Wildman–Crippen LogP) is 3.89. The van der Waals surface area contributed by atoms with Crippen molar-refractivity contribution < 1.29 is 4.79 Å². The molecular formula is C12H22OS2. The molecule has 0 bridgehead atoms. The number of carbonyl (C=O) groups excluding carboxylic acids is 1. The third-order valence-electron chi connectivity index (χ3n) is 2.78. The van der Waals surface area contributed by atoms with Crippen LogP contribution in [0.25, 0.3) is 0 Å². The SMILES string of the molecule is C=S1CC[C@H](CCCCC(=O)C(C)C)S1. The minimum Gasteiger partial charge on any atom is -0.299 e. The average molecular weight is 246 g/mol. The Kier molecular flexibility index (Phi) is 5.98. The molecule has 0 spiro atoms. The van der Waals surface area contributed by atoms with E-state index in [1.807, 2.05) is 13.8 Å². The second-order valence-electron chi connectivity index (χ2n) is 4.52. The van der Waals surface area contributed by atoms with Gasteiger partial charge < -0.3 is 0 Å². The van der Waals surface area contributed by atoms with Crippen LogP contribution in [0.15, 0.2) is 0 Å². The number of unbranched alkanes of at least 4 members (excludes halogenated alkanes) is 1. The summed E-state index contributed by atoms with van der Waals surface area (Å²) in [4.78, 5) is 11.4. The largest absolute Gasteiger partial charge is 0.299 e. The molecule has 0 radical (unpaired) electrons. The Morgan fingerprint density at radius 1 is 1.53 bits per heavy atom. The molecule has 0 aromatic rings. The Labute approximate surface area is 99.7 Å². The maximum Gasteiger partial charge on any atom is 0.135 e. The molecule has 1 fully saturated rings. The first-order valence-corrected chi connectivity index (χ1v) is 8.76. The quantitative estimate of drug-likeness (QED) is 0.402. The van der Waals surface area contributed by atoms with E-state index in [0.29, 0.717) is 15.3 Å². The van der Waals surface area contributed by atoms with Gasteiger partial charge in [0, 0.05) is 17.6 Å². The third kappa shape index (κ3) is 5.21. The highest BCUT2D eigenvalue weighted by atomic mass is 33.1. The minimum absolute atomic E-state index is 0.219. The normalized spacial score (nSPS) is 26.1. The van der Waals surface area contributed by atoms with Gasteiger partial charge in [-0.15, -0.1) is 9.52 Å². The minimum atomic E-state index is 0.219. The van der Waals surface area contributed by atoms with Gasteiger partial charge in [-0.2, -0.15) is 0 Å². The molecule has 1 unspecified atom stereocenters. The molecule has 1 saturated heterocycles. The fourth-order valence-corrected chi connectivity index (χ4v) is 5.67. The lowest BCUT2D eigenvalue weighted by atomic mass is 10.0. The molecule has 0 aliphatic carbocycles. The molecule has 0 amide bonds. The van der Waals surface area contributed by atoms with Gasteiger partial charge in [0.15, 0.2) is 0 Å². The number of carbonyl (C=O) groups is 1. The van der Waals surface area contributed by atoms with Crippen LogP contribution in [-0.4, -0.2) is 22.7 Å². The van der Waals surface area contributed by atoms with Gasteiger partial charge in [0.25, 0.3) is 0 Å². The lowest BCUT2D eigenvalue weighted by molar-refractivity contribution is -0.122. The van der Waals surface area contributed by atoms with Crippen molar-refractivity contribution >= 4 is 32.0 Å². The van der Waals surface area contributed by atoms with E-state index in [2.05, 4.69) is 16.7 Å². The molecule has 0 N–H and O–H groups in total. The van der Waals surface area contributed by atoms with E-state index in [4.69, 9.17) is 0 Å². The Balaban J connectivity index is 2.02. The van der Waals surface area contributed by atoms with Gasteiger partial charge in [0.1, 0.15) is 5.78 Å². The topological polar surface area (TPSA) is 17.1 Å². The lowest BCUT2D eigenvalue weighted by Crippen LogP contribution is -2.06. The van der Waals surface area contributed by atoms with E-state index in [1.54, 1.807) is 0 Å². The van der Waals surface area contributed by atoms with E-state index in [9.17, 15) is 4.79 Å². The second kappa shape index (κ2) is 6.74. The highest BCUT2D eigenvalue weighted by Crippen LogP contribution is 2.44. The van der Waals surface area contributed by atoms with E-state index in [0.717, 1.165) is 18.1 Å². The van der Waals surface area contributed by atoms with Gasteiger partial charge in [-0.25, -0.2) is 0 Å². The summed E-state index contributed by atoms with van der Waals surface area (Å²) in [6, 6.07) is 0. The first kappa shape index (κ1) is 13.3. The summed E-state index contributed by atoms with van der Waals surface area (Å²) in [6.07, 6.45) is 5.71. The van der Waals surface area contributed by atoms with Gasteiger partial charge in [0.05, 0.1) is 0 Å². The highest BCUT2D eigenvalue weighted by Gasteiger charge is 2.17. The standard InChI is InChI=1S/C12H22OS2/c1-10(2)12(13)7-5-4-6-11-8-9-15(3)14-11/h10-11H,3-9H2,1-2H3/t11-,15?/m0/s1. The molecule has 2 atom stereocenters. The van der Waals surface area contributed by atoms with Crippen LogP contribution in [0, 0.1) is 5.92 Å². The van der Waals surface area contributed by atoms with Crippen molar-refractivity contribution in [1.82, 2.24) is 0 Å². The fraction of sp³-hybridized carbons (Fsp3) is 0.833. The van der Waals surface area contributed by atoms with Crippen LogP contribution < -0.4 is 0 Å². The molecule has 0 saturated carbocycles. The first-order chi connectivity index (χ1) is 7.09. The number of ketones is 1. The summed E-state index contributed by atoms with van der Waals surface area (Å²) in [5.41, 5.74) is 0. The van der Waals surface area contributed by atoms with Gasteiger partial charge in [-0.1, -0.05) is 36.9 Å². The molecule has 1 heterocycles. The smallest absolute Gasteiger partial charge is 0.135 e. The van der Waals surface area contributed by atoms with Gasteiger partial charge in [-0.3, -0.25) is 4.79 Å². The molecule has 1 rings (SSSR count). The van der Waals surface area contributed by atoms with Crippen molar-refractivity contribution in [3.63, 3.8) is 0 Å². The summed E-state index contributed by atoms with van der Waals surface area (Å²) < 4.78 is 0. The Hall–Kier alpha value is 0.240. The molecule has 15 heavy (non-hydrogen) atoms. The Bertz CT molecular complexity index is 236. The molecular weight excluding hydrogens is 224 g/mol. The van der Waals surface area contributed by atoms with Crippen LogP contribution in [0.5, 0.6) is 0 Å². The number of Topliss-reactive ketones (excluding diaryl/α,β-unsaturated/α-hetero) is 1. The van der Waals surface area contributed by atoms with Crippen LogP contribution in [0.3, 0.4) is 0 Å². The summed E-state index contributed by atoms with van der Waals surface area (Å²) in [6.45, 7) is 3.98. The van der Waals surface area contributed by atoms with Gasteiger partial charge in [-0.05, 0) is 25.0 Å². The van der Waals surface area contributed by atoms with Crippen molar-refractivity contribution in [2.75, 3.05) is 5.75 Å². The average Bonchev–Trinajstić information content (AvgIpc) is 2.58. The monoisotopic (exact) mass is 246 g/mol. The van der Waals surface area contributed by atoms with Gasteiger partial charge in [0.2, 0.25) is 0 Å². The lowest BCUT2D eigenvalue weighted by Gasteiger charge is -2.07. The first-order valence-electron chi connectivity index (χ1n) is 5.80. The van der Waals surface area contributed by atoms with Gasteiger partial charge >= 0.3 is 0 Å². The summed E-state index contributed by atoms with van der Waals surface area (Å²) in [7, 11) is 2.44. The van der Waals surface area contributed by atoms with Crippen molar-refractivity contribution in [2.24, 2.45) is 5.92 Å². The number of hydrogen-bond acceptors (Lipinski definition) is 2. The van der Waals surface area contributed by atoms with E-state index >= 15 is 0 Å². The zero-order chi connectivity index (χ0) is 11.3. The molecule has 1 nitrogen and oxygen atoms in total. The second-order valence-corrected chi connectivity index (χ2v) is 8.66. The summed E-state index contributed by atoms with van der Waals surface area (Å²) >= 11 is 0. The third-order valence-corrected chi connectivity index (χ3v) is 6.62. The van der Waals surface area contributed by atoms with Crippen LogP contribution in [0.2, 0.25) is 0 Å². The van der Waals surface area contributed by atoms with Crippen molar-refractivity contribution in [1.29, 1.82) is 0 Å². The Morgan fingerprint density at radius 3 is 2.80 bits per heavy atom. The van der Waals surface area contributed by atoms with Crippen LogP contribution in [0.1, 0.15) is 46.0 Å². The summed E-state index contributed by atoms with van der Waals surface area (Å²) in [5.74, 6) is 6.05. The fourth-order valence-electron chi connectivity index (χ4n) is 1.70. The molecule has 0 aromatic carbocycles. The maximum absolute atomic E-state index is 11.4. The van der Waals surface area contributed by atoms with Crippen LogP contribution in [-0.2, 0) is 4.79 Å². The van der Waals surface area contributed by atoms with Crippen molar-refractivity contribution in [3.8, 4) is 0 Å². The Morgan fingerprint density at radius 2 is 2.27 bits per heavy atom. The molecule has 88 valence electrons. The zero-order valence-electron chi connectivity index (χ0n) is 9.83. The highest BCUT2D eigenvalue weighted by molar-refractivity contribution is 8.83. The molecule has 1 aliphatic heterocycles.